The summed E-state index contributed by atoms with van der Waals surface area (Å²) in [7, 11) is 3.48. The van der Waals surface area contributed by atoms with Crippen molar-refractivity contribution < 1.29 is 9.53 Å². The van der Waals surface area contributed by atoms with Gasteiger partial charge in [0.2, 0.25) is 0 Å². The van der Waals surface area contributed by atoms with E-state index in [4.69, 9.17) is 10.00 Å². The third-order valence-corrected chi connectivity index (χ3v) is 4.63. The Morgan fingerprint density at radius 2 is 2.05 bits per heavy atom. The molecule has 2 aliphatic rings. The van der Waals surface area contributed by atoms with E-state index in [1.54, 1.807) is 7.11 Å². The van der Waals surface area contributed by atoms with E-state index in [-0.39, 0.29) is 24.0 Å². The van der Waals surface area contributed by atoms with Gasteiger partial charge in [-0.1, -0.05) is 12.1 Å². The lowest BCUT2D eigenvalue weighted by atomic mass is 10.0. The lowest BCUT2D eigenvalue weighted by Gasteiger charge is -2.21. The molecule has 0 spiro atoms. The summed E-state index contributed by atoms with van der Waals surface area (Å²) in [6.07, 6.45) is -0.300. The summed E-state index contributed by atoms with van der Waals surface area (Å²) in [4.78, 5) is 16.2. The van der Waals surface area contributed by atoms with Crippen molar-refractivity contribution in [2.45, 2.75) is 18.7 Å². The molecule has 2 saturated heterocycles. The number of methoxy groups -OCH3 is 1. The van der Waals surface area contributed by atoms with E-state index < -0.39 is 0 Å². The maximum absolute atomic E-state index is 12.0. The van der Waals surface area contributed by atoms with Gasteiger partial charge in [-0.3, -0.25) is 9.69 Å². The topological polar surface area (TPSA) is 56.6 Å². The van der Waals surface area contributed by atoms with Crippen molar-refractivity contribution in [2.75, 3.05) is 27.2 Å². The van der Waals surface area contributed by atoms with Gasteiger partial charge < -0.3 is 9.64 Å². The predicted octanol–water partition coefficient (Wildman–Crippen LogP) is 0.846. The third-order valence-electron chi connectivity index (χ3n) is 4.63. The van der Waals surface area contributed by atoms with Crippen LogP contribution in [0.5, 0.6) is 0 Å². The molecular weight excluding hydrogens is 266 g/mol. The Kier molecular flexibility index (Phi) is 3.66. The van der Waals surface area contributed by atoms with E-state index in [2.05, 4.69) is 11.0 Å². The Hall–Kier alpha value is -1.90. The van der Waals surface area contributed by atoms with Crippen LogP contribution in [0.2, 0.25) is 0 Å². The lowest BCUT2D eigenvalue weighted by molar-refractivity contribution is -0.136. The first-order valence-corrected chi connectivity index (χ1v) is 7.15. The molecule has 0 N–H and O–H groups in total. The van der Waals surface area contributed by atoms with E-state index in [0.717, 1.165) is 19.6 Å². The normalized spacial score (nSPS) is 28.7. The number of rotatable bonds is 3. The summed E-state index contributed by atoms with van der Waals surface area (Å²) in [6, 6.07) is 10.1. The van der Waals surface area contributed by atoms with E-state index in [1.807, 2.05) is 36.2 Å². The van der Waals surface area contributed by atoms with Crippen LogP contribution in [0.25, 0.3) is 0 Å². The summed E-state index contributed by atoms with van der Waals surface area (Å²) in [5, 5.41) is 8.82. The first kappa shape index (κ1) is 14.1. The quantitative estimate of drug-likeness (QED) is 0.826. The second-order valence-electron chi connectivity index (χ2n) is 5.84. The van der Waals surface area contributed by atoms with Crippen molar-refractivity contribution >= 4 is 5.91 Å². The average Bonchev–Trinajstić information content (AvgIpc) is 2.99. The number of carbonyl (C=O) groups is 1. The van der Waals surface area contributed by atoms with Gasteiger partial charge in [0.15, 0.2) is 0 Å². The highest BCUT2D eigenvalue weighted by molar-refractivity contribution is 5.84. The van der Waals surface area contributed by atoms with Crippen molar-refractivity contribution in [1.29, 1.82) is 5.26 Å². The van der Waals surface area contributed by atoms with Crippen LogP contribution in [0.15, 0.2) is 24.3 Å². The number of hydrogen-bond acceptors (Lipinski definition) is 4. The second-order valence-corrected chi connectivity index (χ2v) is 5.84. The minimum atomic E-state index is -0.300. The molecule has 1 aromatic rings. The number of amides is 1. The van der Waals surface area contributed by atoms with Crippen LogP contribution in [-0.2, 0) is 16.1 Å². The maximum atomic E-state index is 12.0. The van der Waals surface area contributed by atoms with Gasteiger partial charge in [0, 0.05) is 39.7 Å². The van der Waals surface area contributed by atoms with Gasteiger partial charge in [-0.15, -0.1) is 0 Å². The number of ether oxygens (including phenoxy) is 1. The predicted molar refractivity (Wildman–Crippen MR) is 77.3 cm³/mol. The molecule has 2 heterocycles. The third kappa shape index (κ3) is 2.41. The molecule has 1 aromatic carbocycles. The largest absolute Gasteiger partial charge is 0.371 e. The molecule has 5 nitrogen and oxygen atoms in total. The fourth-order valence-corrected chi connectivity index (χ4v) is 3.50. The number of nitrogens with zero attached hydrogens (tertiary/aromatic N) is 3. The number of hydrogen-bond donors (Lipinski definition) is 0. The highest BCUT2D eigenvalue weighted by atomic mass is 16.5. The van der Waals surface area contributed by atoms with Gasteiger partial charge >= 0.3 is 0 Å². The highest BCUT2D eigenvalue weighted by Crippen LogP contribution is 2.33. The minimum Gasteiger partial charge on any atom is -0.371 e. The van der Waals surface area contributed by atoms with E-state index in [9.17, 15) is 4.79 Å². The lowest BCUT2D eigenvalue weighted by Crippen LogP contribution is -2.36. The van der Waals surface area contributed by atoms with Crippen LogP contribution < -0.4 is 0 Å². The Labute approximate surface area is 124 Å². The summed E-state index contributed by atoms with van der Waals surface area (Å²) in [6.45, 7) is 2.60. The zero-order valence-corrected chi connectivity index (χ0v) is 12.3. The Morgan fingerprint density at radius 3 is 2.67 bits per heavy atom. The smallest absolute Gasteiger partial charge is 0.252 e. The number of fused-ring (bicyclic) bond motifs is 1. The average molecular weight is 285 g/mol. The molecule has 0 unspecified atom stereocenters. The molecule has 0 radical (unpaired) electrons. The van der Waals surface area contributed by atoms with Crippen LogP contribution in [-0.4, -0.2) is 55.1 Å². The van der Waals surface area contributed by atoms with Gasteiger partial charge in [-0.25, -0.2) is 0 Å². The van der Waals surface area contributed by atoms with Gasteiger partial charge in [0.1, 0.15) is 6.10 Å². The number of benzene rings is 1. The highest BCUT2D eigenvalue weighted by Gasteiger charge is 2.51. The molecule has 0 bridgehead atoms. The molecule has 21 heavy (non-hydrogen) atoms. The molecule has 0 aromatic heterocycles. The summed E-state index contributed by atoms with van der Waals surface area (Å²) in [5.41, 5.74) is 1.87. The summed E-state index contributed by atoms with van der Waals surface area (Å²) >= 11 is 0. The van der Waals surface area contributed by atoms with Crippen LogP contribution in [0.1, 0.15) is 11.1 Å². The first-order valence-electron chi connectivity index (χ1n) is 7.15. The standard InChI is InChI=1S/C16H19N3O2/c1-18-14-10-19(9-13(14)15(21-2)16(18)20)8-12-5-3-11(7-17)4-6-12/h3-6,13-15H,8-10H2,1-2H3/t13-,14+,15-/m0/s1. The zero-order chi connectivity index (χ0) is 15.0. The molecule has 5 heteroatoms. The number of carbonyl (C=O) groups excluding carboxylic acids is 1. The van der Waals surface area contributed by atoms with Crippen LogP contribution >= 0.6 is 0 Å². The van der Waals surface area contributed by atoms with Gasteiger partial charge in [0.25, 0.3) is 5.91 Å². The van der Waals surface area contributed by atoms with Crippen LogP contribution in [0.3, 0.4) is 0 Å². The molecular formula is C16H19N3O2. The summed E-state index contributed by atoms with van der Waals surface area (Å²) in [5.74, 6) is 0.358. The first-order chi connectivity index (χ1) is 10.1. The monoisotopic (exact) mass is 285 g/mol. The number of nitriles is 1. The molecule has 0 aliphatic carbocycles. The Morgan fingerprint density at radius 1 is 1.33 bits per heavy atom. The second kappa shape index (κ2) is 5.47. The van der Waals surface area contributed by atoms with Crippen LogP contribution in [0.4, 0.5) is 0 Å². The zero-order valence-electron chi connectivity index (χ0n) is 12.3. The summed E-state index contributed by atoms with van der Waals surface area (Å²) < 4.78 is 5.38. The molecule has 3 atom stereocenters. The van der Waals surface area contributed by atoms with Crippen molar-refractivity contribution in [2.24, 2.45) is 5.92 Å². The Balaban J connectivity index is 1.68. The SMILES string of the molecule is CO[C@@H]1C(=O)N(C)[C@@H]2CN(Cc3ccc(C#N)cc3)C[C@H]12. The van der Waals surface area contributed by atoms with E-state index >= 15 is 0 Å². The number of likely N-dealkylation sites (tertiary alicyclic amines) is 2. The van der Waals surface area contributed by atoms with Crippen LogP contribution in [0, 0.1) is 17.2 Å². The molecule has 1 amide bonds. The minimum absolute atomic E-state index is 0.102. The van der Waals surface area contributed by atoms with E-state index in [1.165, 1.54) is 5.56 Å². The van der Waals surface area contributed by atoms with Crippen molar-refractivity contribution in [3.05, 3.63) is 35.4 Å². The van der Waals surface area contributed by atoms with Crippen molar-refractivity contribution in [3.8, 4) is 6.07 Å². The number of likely N-dealkylation sites (N-methyl/N-ethyl adjacent to an activating group) is 1. The maximum Gasteiger partial charge on any atom is 0.252 e. The fraction of sp³-hybridized carbons (Fsp3) is 0.500. The fourth-order valence-electron chi connectivity index (χ4n) is 3.50. The Bertz CT molecular complexity index is 578. The van der Waals surface area contributed by atoms with Crippen molar-refractivity contribution in [3.63, 3.8) is 0 Å². The molecule has 0 saturated carbocycles. The van der Waals surface area contributed by atoms with E-state index in [0.29, 0.717) is 5.56 Å². The molecule has 110 valence electrons. The molecule has 2 fully saturated rings. The van der Waals surface area contributed by atoms with Crippen molar-refractivity contribution in [1.82, 2.24) is 9.80 Å². The van der Waals surface area contributed by atoms with Gasteiger partial charge in [-0.05, 0) is 17.7 Å². The molecule has 3 rings (SSSR count). The van der Waals surface area contributed by atoms with Gasteiger partial charge in [-0.2, -0.15) is 5.26 Å². The molecule has 2 aliphatic heterocycles. The van der Waals surface area contributed by atoms with Gasteiger partial charge in [0.05, 0.1) is 17.7 Å².